The van der Waals surface area contributed by atoms with E-state index in [1.165, 1.54) is 11.1 Å². The first-order chi connectivity index (χ1) is 16.5. The monoisotopic (exact) mass is 462 g/mol. The average Bonchev–Trinajstić information content (AvgIpc) is 3.26. The molecule has 0 spiro atoms. The smallest absolute Gasteiger partial charge is 0.374 e. The van der Waals surface area contributed by atoms with Crippen molar-refractivity contribution in [2.45, 2.75) is 77.7 Å². The highest BCUT2D eigenvalue weighted by Gasteiger charge is 2.24. The molecule has 0 saturated heterocycles. The number of carbonyl (C=O) groups is 2. The lowest BCUT2D eigenvalue weighted by atomic mass is 9.89. The number of esters is 1. The summed E-state index contributed by atoms with van der Waals surface area (Å²) in [5.74, 6) is 1.27. The molecular weight excluding hydrogens is 428 g/mol. The van der Waals surface area contributed by atoms with Gasteiger partial charge in [0.25, 0.3) is 0 Å². The van der Waals surface area contributed by atoms with Crippen molar-refractivity contribution in [2.24, 2.45) is 0 Å². The molecule has 1 saturated carbocycles. The van der Waals surface area contributed by atoms with Crippen LogP contribution in [0.4, 0.5) is 0 Å². The Hall–Kier alpha value is -3.08. The lowest BCUT2D eigenvalue weighted by Crippen LogP contribution is -2.30. The summed E-state index contributed by atoms with van der Waals surface area (Å²) in [5.41, 5.74) is 4.30. The van der Waals surface area contributed by atoms with E-state index in [4.69, 9.17) is 13.9 Å². The van der Waals surface area contributed by atoms with E-state index in [2.05, 4.69) is 38.1 Å². The zero-order valence-electron chi connectivity index (χ0n) is 20.4. The van der Waals surface area contributed by atoms with Crippen LogP contribution >= 0.6 is 0 Å². The molecule has 1 fully saturated rings. The van der Waals surface area contributed by atoms with Crippen molar-refractivity contribution in [1.29, 1.82) is 0 Å². The van der Waals surface area contributed by atoms with E-state index >= 15 is 0 Å². The van der Waals surface area contributed by atoms with E-state index in [0.717, 1.165) is 55.2 Å². The van der Waals surface area contributed by atoms with Crippen molar-refractivity contribution < 1.29 is 23.5 Å². The number of Topliss-reactive ketones (excluding diaryl/α,β-unsaturated/α-hetero) is 1. The zero-order valence-corrected chi connectivity index (χ0v) is 20.4. The minimum atomic E-state index is -0.428. The molecule has 1 aromatic heterocycles. The first-order valence-corrected chi connectivity index (χ1v) is 12.5. The van der Waals surface area contributed by atoms with E-state index in [1.54, 1.807) is 13.0 Å². The normalized spacial score (nSPS) is 17.0. The van der Waals surface area contributed by atoms with Crippen LogP contribution in [0.2, 0.25) is 0 Å². The van der Waals surface area contributed by atoms with Gasteiger partial charge in [-0.2, -0.15) is 0 Å². The second-order valence-electron chi connectivity index (χ2n) is 9.19. The lowest BCUT2D eigenvalue weighted by Gasteiger charge is -2.23. The van der Waals surface area contributed by atoms with Gasteiger partial charge in [0, 0.05) is 11.8 Å². The van der Waals surface area contributed by atoms with Gasteiger partial charge in [0.1, 0.15) is 11.3 Å². The number of hydrogen-bond donors (Lipinski definition) is 0. The topological polar surface area (TPSA) is 65.7 Å². The third kappa shape index (κ3) is 5.52. The summed E-state index contributed by atoms with van der Waals surface area (Å²) in [6, 6.07) is 14.2. The van der Waals surface area contributed by atoms with Gasteiger partial charge in [0.2, 0.25) is 5.76 Å². The molecular formula is C29H34O5. The molecule has 4 rings (SSSR count). The Bertz CT molecular complexity index is 1160. The second-order valence-corrected chi connectivity index (χ2v) is 9.19. The van der Waals surface area contributed by atoms with E-state index in [9.17, 15) is 9.59 Å². The van der Waals surface area contributed by atoms with Gasteiger partial charge in [-0.25, -0.2) is 4.79 Å². The largest absolute Gasteiger partial charge is 0.482 e. The molecule has 2 unspecified atom stereocenters. The minimum absolute atomic E-state index is 0.226. The van der Waals surface area contributed by atoms with Gasteiger partial charge in [-0.3, -0.25) is 4.79 Å². The number of fused-ring (bicyclic) bond motifs is 1. The molecule has 2 aromatic carbocycles. The molecule has 0 amide bonds. The molecule has 0 aliphatic heterocycles. The maximum absolute atomic E-state index is 12.1. The number of ether oxygens (including phenoxy) is 2. The highest BCUT2D eigenvalue weighted by molar-refractivity contribution is 5.92. The van der Waals surface area contributed by atoms with Gasteiger partial charge in [-0.1, -0.05) is 25.1 Å². The fourth-order valence-electron chi connectivity index (χ4n) is 4.79. The summed E-state index contributed by atoms with van der Waals surface area (Å²) in [4.78, 5) is 24.1. The van der Waals surface area contributed by atoms with Gasteiger partial charge < -0.3 is 13.9 Å². The number of hydrogen-bond acceptors (Lipinski definition) is 5. The Kier molecular flexibility index (Phi) is 7.71. The molecule has 3 aromatic rings. The fraction of sp³-hybridized carbons (Fsp3) is 0.448. The molecule has 180 valence electrons. The van der Waals surface area contributed by atoms with E-state index in [-0.39, 0.29) is 17.6 Å². The zero-order chi connectivity index (χ0) is 24.1. The van der Waals surface area contributed by atoms with Crippen molar-refractivity contribution in [3.05, 3.63) is 64.9 Å². The second kappa shape index (κ2) is 10.9. The van der Waals surface area contributed by atoms with E-state index in [1.807, 2.05) is 12.1 Å². The first-order valence-electron chi connectivity index (χ1n) is 12.5. The van der Waals surface area contributed by atoms with Crippen LogP contribution in [0.1, 0.15) is 85.5 Å². The van der Waals surface area contributed by atoms with Crippen LogP contribution in [0.5, 0.6) is 5.75 Å². The number of carbonyl (C=O) groups excluding carboxylic acids is 2. The molecule has 0 radical (unpaired) electrons. The van der Waals surface area contributed by atoms with E-state index < -0.39 is 5.97 Å². The van der Waals surface area contributed by atoms with Crippen LogP contribution in [0.15, 0.2) is 46.9 Å². The van der Waals surface area contributed by atoms with Crippen molar-refractivity contribution in [3.63, 3.8) is 0 Å². The maximum Gasteiger partial charge on any atom is 0.374 e. The van der Waals surface area contributed by atoms with Crippen molar-refractivity contribution in [2.75, 3.05) is 6.61 Å². The van der Waals surface area contributed by atoms with Gasteiger partial charge >= 0.3 is 5.97 Å². The molecule has 1 aliphatic carbocycles. The molecule has 5 heteroatoms. The van der Waals surface area contributed by atoms with Gasteiger partial charge in [-0.05, 0) is 99.2 Å². The van der Waals surface area contributed by atoms with Crippen molar-refractivity contribution in [1.82, 2.24) is 0 Å². The Morgan fingerprint density at radius 1 is 1.12 bits per heavy atom. The van der Waals surface area contributed by atoms with Crippen molar-refractivity contribution >= 4 is 22.7 Å². The fourth-order valence-corrected chi connectivity index (χ4v) is 4.79. The van der Waals surface area contributed by atoms with Crippen LogP contribution in [-0.4, -0.2) is 24.5 Å². The molecule has 34 heavy (non-hydrogen) atoms. The van der Waals surface area contributed by atoms with Gasteiger partial charge in [0.05, 0.1) is 6.61 Å². The number of aryl methyl sites for hydroxylation is 2. The van der Waals surface area contributed by atoms with Crippen LogP contribution in [-0.2, 0) is 16.0 Å². The van der Waals surface area contributed by atoms with Crippen LogP contribution in [0, 0.1) is 6.92 Å². The van der Waals surface area contributed by atoms with E-state index in [0.29, 0.717) is 24.5 Å². The summed E-state index contributed by atoms with van der Waals surface area (Å²) < 4.78 is 16.8. The Balaban J connectivity index is 1.41. The molecule has 1 heterocycles. The minimum Gasteiger partial charge on any atom is -0.482 e. The van der Waals surface area contributed by atoms with Gasteiger partial charge in [-0.15, -0.1) is 0 Å². The van der Waals surface area contributed by atoms with Crippen LogP contribution in [0.25, 0.3) is 11.0 Å². The SMILES string of the molecule is CCOC(=O)c1cc2cc(C(CC)CCc3ccc(OC4CCCCC4=O)c(C)c3)ccc2o1. The predicted octanol–water partition coefficient (Wildman–Crippen LogP) is 6.93. The summed E-state index contributed by atoms with van der Waals surface area (Å²) in [6.07, 6.45) is 6.21. The Morgan fingerprint density at radius 3 is 2.71 bits per heavy atom. The Morgan fingerprint density at radius 2 is 1.97 bits per heavy atom. The number of furan rings is 1. The Labute approximate surface area is 201 Å². The summed E-state index contributed by atoms with van der Waals surface area (Å²) in [7, 11) is 0. The molecule has 2 atom stereocenters. The quantitative estimate of drug-likeness (QED) is 0.322. The van der Waals surface area contributed by atoms with Crippen LogP contribution < -0.4 is 4.74 Å². The van der Waals surface area contributed by atoms with Crippen molar-refractivity contribution in [3.8, 4) is 5.75 Å². The van der Waals surface area contributed by atoms with Crippen LogP contribution in [0.3, 0.4) is 0 Å². The third-order valence-corrected chi connectivity index (χ3v) is 6.77. The predicted molar refractivity (Wildman–Crippen MR) is 133 cm³/mol. The molecule has 0 N–H and O–H groups in total. The van der Waals surface area contributed by atoms with Gasteiger partial charge in [0.15, 0.2) is 11.9 Å². The highest BCUT2D eigenvalue weighted by atomic mass is 16.5. The molecule has 0 bridgehead atoms. The summed E-state index contributed by atoms with van der Waals surface area (Å²) in [6.45, 7) is 6.36. The standard InChI is InChI=1S/C29H34O5/c1-4-21(22-13-15-26-23(17-22)18-28(34-26)29(31)32-5-2)12-10-20-11-14-25(19(3)16-20)33-27-9-7-6-8-24(27)30/h11,13-18,21,27H,4-10,12H2,1-3H3. The number of benzene rings is 2. The average molecular weight is 463 g/mol. The molecule has 1 aliphatic rings. The molecule has 5 nitrogen and oxygen atoms in total. The number of ketones is 1. The first kappa shape index (κ1) is 24.1. The summed E-state index contributed by atoms with van der Waals surface area (Å²) in [5, 5.41) is 0.925. The highest BCUT2D eigenvalue weighted by Crippen LogP contribution is 2.31. The summed E-state index contributed by atoms with van der Waals surface area (Å²) >= 11 is 0. The third-order valence-electron chi connectivity index (χ3n) is 6.77. The lowest BCUT2D eigenvalue weighted by molar-refractivity contribution is -0.127. The maximum atomic E-state index is 12.1. The number of rotatable bonds is 9.